The molecule has 0 aliphatic carbocycles. The molecule has 0 unspecified atom stereocenters. The van der Waals surface area contributed by atoms with Crippen molar-refractivity contribution in [3.63, 3.8) is 0 Å². The molecular formula is C16H13F5N2O4S. The molecular weight excluding hydrogens is 411 g/mol. The van der Waals surface area contributed by atoms with Crippen LogP contribution in [0.25, 0.3) is 0 Å². The summed E-state index contributed by atoms with van der Waals surface area (Å²) in [4.78, 5) is 19.1. The Morgan fingerprint density at radius 3 is 2.46 bits per heavy atom. The molecule has 1 heterocycles. The number of carboxylic acids is 1. The van der Waals surface area contributed by atoms with Crippen molar-refractivity contribution in [2.24, 2.45) is 5.16 Å². The first-order chi connectivity index (χ1) is 13.0. The highest BCUT2D eigenvalue weighted by atomic mass is 32.1. The molecule has 6 nitrogen and oxygen atoms in total. The van der Waals surface area contributed by atoms with Gasteiger partial charge in [0.25, 0.3) is 0 Å². The van der Waals surface area contributed by atoms with Crippen molar-refractivity contribution in [1.29, 1.82) is 0 Å². The SMILES string of the molecule is CO/N=C(/C(=O)O)c1ccccc1COc1nc(C(F)(F)C(F)(F)F)sc1C. The molecule has 0 atom stereocenters. The molecule has 1 N–H and O–H groups in total. The average molecular weight is 424 g/mol. The number of oxime groups is 1. The van der Waals surface area contributed by atoms with Crippen LogP contribution in [0.1, 0.15) is 21.0 Å². The molecule has 0 aliphatic heterocycles. The predicted molar refractivity (Wildman–Crippen MR) is 88.8 cm³/mol. The Morgan fingerprint density at radius 2 is 1.89 bits per heavy atom. The molecule has 1 aromatic carbocycles. The number of halogens is 5. The van der Waals surface area contributed by atoms with Crippen LogP contribution in [-0.2, 0) is 22.2 Å². The van der Waals surface area contributed by atoms with E-state index in [4.69, 9.17) is 4.74 Å². The Labute approximate surface area is 159 Å². The number of aryl methyl sites for hydroxylation is 1. The number of hydrogen-bond acceptors (Lipinski definition) is 6. The first-order valence-electron chi connectivity index (χ1n) is 7.47. The van der Waals surface area contributed by atoms with Crippen LogP contribution < -0.4 is 4.74 Å². The third-order valence-electron chi connectivity index (χ3n) is 3.40. The molecule has 0 radical (unpaired) electrons. The molecule has 0 fully saturated rings. The first kappa shape index (κ1) is 21.5. The number of nitrogens with zero attached hydrogens (tertiary/aromatic N) is 2. The fraction of sp³-hybridized carbons (Fsp3) is 0.312. The number of aromatic nitrogens is 1. The second kappa shape index (κ2) is 8.09. The van der Waals surface area contributed by atoms with Gasteiger partial charge in [-0.2, -0.15) is 26.9 Å². The molecule has 152 valence electrons. The highest BCUT2D eigenvalue weighted by Gasteiger charge is 2.61. The third kappa shape index (κ3) is 4.38. The lowest BCUT2D eigenvalue weighted by atomic mass is 10.0. The van der Waals surface area contributed by atoms with Gasteiger partial charge < -0.3 is 14.7 Å². The van der Waals surface area contributed by atoms with Crippen LogP contribution in [0.2, 0.25) is 0 Å². The van der Waals surface area contributed by atoms with E-state index in [1.165, 1.54) is 25.1 Å². The van der Waals surface area contributed by atoms with Gasteiger partial charge in [-0.1, -0.05) is 29.4 Å². The molecule has 2 rings (SSSR count). The summed E-state index contributed by atoms with van der Waals surface area (Å²) in [6.07, 6.45) is -5.78. The lowest BCUT2D eigenvalue weighted by Gasteiger charge is -2.16. The van der Waals surface area contributed by atoms with Gasteiger partial charge in [0.2, 0.25) is 5.88 Å². The van der Waals surface area contributed by atoms with Gasteiger partial charge in [0, 0.05) is 5.56 Å². The summed E-state index contributed by atoms with van der Waals surface area (Å²) in [5.41, 5.74) is -0.0104. The van der Waals surface area contributed by atoms with Crippen molar-refractivity contribution in [3.8, 4) is 5.88 Å². The fourth-order valence-corrected chi connectivity index (χ4v) is 2.94. The van der Waals surface area contributed by atoms with Crippen molar-refractivity contribution < 1.29 is 41.4 Å². The number of carbonyl (C=O) groups is 1. The number of rotatable bonds is 7. The van der Waals surface area contributed by atoms with Crippen LogP contribution in [0.3, 0.4) is 0 Å². The second-order valence-corrected chi connectivity index (χ2v) is 6.53. The molecule has 1 aromatic heterocycles. The number of carboxylic acid groups (broad SMARTS) is 1. The van der Waals surface area contributed by atoms with E-state index < -0.39 is 34.7 Å². The fourth-order valence-electron chi connectivity index (χ4n) is 2.09. The van der Waals surface area contributed by atoms with Crippen LogP contribution in [0.5, 0.6) is 5.88 Å². The van der Waals surface area contributed by atoms with E-state index in [1.54, 1.807) is 6.07 Å². The zero-order chi connectivity index (χ0) is 21.1. The normalized spacial score (nSPS) is 12.8. The van der Waals surface area contributed by atoms with Gasteiger partial charge >= 0.3 is 18.1 Å². The Bertz CT molecular complexity index is 895. The number of thiazole rings is 1. The van der Waals surface area contributed by atoms with Crippen LogP contribution in [-0.4, -0.2) is 35.1 Å². The lowest BCUT2D eigenvalue weighted by molar-refractivity contribution is -0.289. The molecule has 0 amide bonds. The molecule has 0 saturated heterocycles. The van der Waals surface area contributed by atoms with Gasteiger partial charge in [0.1, 0.15) is 13.7 Å². The summed E-state index contributed by atoms with van der Waals surface area (Å²) in [5, 5.41) is 11.2. The Morgan fingerprint density at radius 1 is 1.25 bits per heavy atom. The van der Waals surface area contributed by atoms with Gasteiger partial charge in [-0.25, -0.2) is 4.79 Å². The van der Waals surface area contributed by atoms with Crippen molar-refractivity contribution in [2.75, 3.05) is 7.11 Å². The maximum atomic E-state index is 13.4. The summed E-state index contributed by atoms with van der Waals surface area (Å²) in [7, 11) is 1.16. The topological polar surface area (TPSA) is 81.0 Å². The minimum Gasteiger partial charge on any atom is -0.476 e. The van der Waals surface area contributed by atoms with Gasteiger partial charge in [0.15, 0.2) is 10.7 Å². The summed E-state index contributed by atoms with van der Waals surface area (Å²) in [5.74, 6) is -6.89. The van der Waals surface area contributed by atoms with E-state index in [0.29, 0.717) is 0 Å². The summed E-state index contributed by atoms with van der Waals surface area (Å²) >= 11 is 0.163. The van der Waals surface area contributed by atoms with Crippen molar-refractivity contribution in [1.82, 2.24) is 4.98 Å². The monoisotopic (exact) mass is 424 g/mol. The summed E-state index contributed by atoms with van der Waals surface area (Å²) in [6, 6.07) is 5.99. The quantitative estimate of drug-likeness (QED) is 0.411. The molecule has 0 spiro atoms. The number of alkyl halides is 5. The zero-order valence-corrected chi connectivity index (χ0v) is 15.2. The Balaban J connectivity index is 2.30. The molecule has 28 heavy (non-hydrogen) atoms. The number of aliphatic carboxylic acids is 1. The maximum Gasteiger partial charge on any atom is 0.460 e. The predicted octanol–water partition coefficient (Wildman–Crippen LogP) is 4.12. The third-order valence-corrected chi connectivity index (χ3v) is 4.42. The minimum atomic E-state index is -5.78. The molecule has 12 heteroatoms. The minimum absolute atomic E-state index is 0.0143. The summed E-state index contributed by atoms with van der Waals surface area (Å²) in [6.45, 7) is 0.942. The number of hydrogen-bond donors (Lipinski definition) is 1. The lowest BCUT2D eigenvalue weighted by Crippen LogP contribution is -2.33. The molecule has 0 saturated carbocycles. The highest BCUT2D eigenvalue weighted by molar-refractivity contribution is 7.12. The van der Waals surface area contributed by atoms with Crippen LogP contribution in [0.4, 0.5) is 22.0 Å². The van der Waals surface area contributed by atoms with Crippen LogP contribution in [0, 0.1) is 6.92 Å². The van der Waals surface area contributed by atoms with Crippen molar-refractivity contribution >= 4 is 23.0 Å². The van der Waals surface area contributed by atoms with E-state index in [9.17, 15) is 31.9 Å². The van der Waals surface area contributed by atoms with E-state index >= 15 is 0 Å². The zero-order valence-electron chi connectivity index (χ0n) is 14.4. The van der Waals surface area contributed by atoms with Crippen LogP contribution >= 0.6 is 11.3 Å². The molecule has 2 aromatic rings. The van der Waals surface area contributed by atoms with Gasteiger partial charge in [-0.05, 0) is 12.5 Å². The Kier molecular flexibility index (Phi) is 6.22. The largest absolute Gasteiger partial charge is 0.476 e. The van der Waals surface area contributed by atoms with Gasteiger partial charge in [-0.15, -0.1) is 11.3 Å². The molecule has 0 bridgehead atoms. The van der Waals surface area contributed by atoms with Gasteiger partial charge in [-0.3, -0.25) is 0 Å². The number of benzene rings is 1. The second-order valence-electron chi connectivity index (χ2n) is 5.33. The highest BCUT2D eigenvalue weighted by Crippen LogP contribution is 2.46. The van der Waals surface area contributed by atoms with Crippen LogP contribution in [0.15, 0.2) is 29.4 Å². The number of ether oxygens (including phenoxy) is 1. The molecule has 0 aliphatic rings. The van der Waals surface area contributed by atoms with E-state index in [1.807, 2.05) is 0 Å². The standard InChI is InChI=1S/C16H13F5N2O4S/c1-8-12(22-14(28-8)15(17,18)16(19,20)21)27-7-9-5-3-4-6-10(9)11(13(24)25)23-26-2/h3-6H,7H2,1-2H3,(H,24,25)/b23-11+. The maximum absolute atomic E-state index is 13.4. The Hall–Kier alpha value is -2.76. The van der Waals surface area contributed by atoms with E-state index in [2.05, 4.69) is 15.0 Å². The van der Waals surface area contributed by atoms with Crippen molar-refractivity contribution in [2.45, 2.75) is 25.6 Å². The van der Waals surface area contributed by atoms with Gasteiger partial charge in [0.05, 0.1) is 4.88 Å². The smallest absolute Gasteiger partial charge is 0.460 e. The first-order valence-corrected chi connectivity index (χ1v) is 8.28. The summed E-state index contributed by atoms with van der Waals surface area (Å²) < 4.78 is 69.6. The van der Waals surface area contributed by atoms with E-state index in [-0.39, 0.29) is 33.9 Å². The van der Waals surface area contributed by atoms with E-state index in [0.717, 1.165) is 7.11 Å². The average Bonchev–Trinajstić information content (AvgIpc) is 2.98. The van der Waals surface area contributed by atoms with Crippen molar-refractivity contribution in [3.05, 3.63) is 45.3 Å².